The van der Waals surface area contributed by atoms with E-state index in [1.54, 1.807) is 36.7 Å². The molecule has 1 aromatic carbocycles. The molecule has 0 radical (unpaired) electrons. The topological polar surface area (TPSA) is 64.8 Å². The Morgan fingerprint density at radius 2 is 1.75 bits per heavy atom. The van der Waals surface area contributed by atoms with Gasteiger partial charge in [-0.25, -0.2) is 9.67 Å². The van der Waals surface area contributed by atoms with Gasteiger partial charge in [0, 0.05) is 24.6 Å². The van der Waals surface area contributed by atoms with Gasteiger partial charge >= 0.3 is 0 Å². The van der Waals surface area contributed by atoms with Crippen molar-refractivity contribution in [3.8, 4) is 5.82 Å². The van der Waals surface area contributed by atoms with Crippen molar-refractivity contribution in [1.29, 1.82) is 0 Å². The summed E-state index contributed by atoms with van der Waals surface area (Å²) in [4.78, 5) is 29.0. The van der Waals surface area contributed by atoms with E-state index in [4.69, 9.17) is 0 Å². The van der Waals surface area contributed by atoms with Crippen molar-refractivity contribution in [2.24, 2.45) is 0 Å². The number of Topliss-reactive ketones (excluding diaryl/α,β-unsaturated/α-hetero) is 2. The van der Waals surface area contributed by atoms with Gasteiger partial charge in [-0.05, 0) is 23.8 Å². The molecule has 0 bridgehead atoms. The van der Waals surface area contributed by atoms with Gasteiger partial charge in [-0.3, -0.25) is 9.59 Å². The first-order valence-corrected chi connectivity index (χ1v) is 7.80. The van der Waals surface area contributed by atoms with Gasteiger partial charge in [-0.1, -0.05) is 37.3 Å². The van der Waals surface area contributed by atoms with Gasteiger partial charge in [-0.15, -0.1) is 0 Å². The molecule has 0 amide bonds. The number of benzene rings is 1. The highest BCUT2D eigenvalue weighted by Crippen LogP contribution is 2.16. The molecule has 0 aliphatic carbocycles. The first-order valence-electron chi connectivity index (χ1n) is 7.80. The van der Waals surface area contributed by atoms with Crippen molar-refractivity contribution in [1.82, 2.24) is 14.8 Å². The lowest BCUT2D eigenvalue weighted by Crippen LogP contribution is -2.14. The van der Waals surface area contributed by atoms with Gasteiger partial charge in [0.25, 0.3) is 0 Å². The molecule has 24 heavy (non-hydrogen) atoms. The van der Waals surface area contributed by atoms with E-state index in [0.29, 0.717) is 23.5 Å². The van der Waals surface area contributed by atoms with E-state index in [0.717, 1.165) is 5.56 Å². The van der Waals surface area contributed by atoms with E-state index < -0.39 is 0 Å². The Bertz CT molecular complexity index is 869. The minimum absolute atomic E-state index is 0.0385. The molecule has 0 aliphatic rings. The van der Waals surface area contributed by atoms with Crippen LogP contribution >= 0.6 is 0 Å². The smallest absolute Gasteiger partial charge is 0.185 e. The lowest BCUT2D eigenvalue weighted by Gasteiger charge is -2.09. The van der Waals surface area contributed by atoms with Crippen LogP contribution in [-0.2, 0) is 6.42 Å². The second kappa shape index (κ2) is 7.00. The summed E-state index contributed by atoms with van der Waals surface area (Å²) in [6.45, 7) is 1.82. The van der Waals surface area contributed by atoms with Crippen LogP contribution in [-0.4, -0.2) is 26.3 Å². The number of hydrogen-bond acceptors (Lipinski definition) is 4. The van der Waals surface area contributed by atoms with Crippen LogP contribution in [0, 0.1) is 0 Å². The number of carbonyl (C=O) groups is 2. The summed E-state index contributed by atoms with van der Waals surface area (Å²) in [6, 6.07) is 14.3. The third-order valence-electron chi connectivity index (χ3n) is 3.78. The molecule has 5 heteroatoms. The van der Waals surface area contributed by atoms with Crippen LogP contribution in [0.1, 0.15) is 39.8 Å². The number of pyridine rings is 1. The Morgan fingerprint density at radius 3 is 2.50 bits per heavy atom. The fourth-order valence-corrected chi connectivity index (χ4v) is 2.58. The molecule has 120 valence electrons. The lowest BCUT2D eigenvalue weighted by atomic mass is 9.97. The molecule has 2 heterocycles. The summed E-state index contributed by atoms with van der Waals surface area (Å²) in [5.41, 5.74) is 1.80. The predicted molar refractivity (Wildman–Crippen MR) is 90.5 cm³/mol. The van der Waals surface area contributed by atoms with Crippen molar-refractivity contribution >= 4 is 11.6 Å². The maximum absolute atomic E-state index is 12.7. The molecule has 3 rings (SSSR count). The zero-order valence-corrected chi connectivity index (χ0v) is 13.3. The number of hydrogen-bond donors (Lipinski definition) is 0. The SMILES string of the molecule is CCC(=O)c1ccccc1CC(=O)c1ccnn1-c1ccccn1. The molecule has 0 saturated carbocycles. The monoisotopic (exact) mass is 319 g/mol. The Morgan fingerprint density at radius 1 is 0.958 bits per heavy atom. The lowest BCUT2D eigenvalue weighted by molar-refractivity contribution is 0.0982. The van der Waals surface area contributed by atoms with Gasteiger partial charge in [-0.2, -0.15) is 5.10 Å². The van der Waals surface area contributed by atoms with Crippen LogP contribution in [0.3, 0.4) is 0 Å². The number of aromatic nitrogens is 3. The molecule has 5 nitrogen and oxygen atoms in total. The molecule has 3 aromatic rings. The molecule has 0 aliphatic heterocycles. The van der Waals surface area contributed by atoms with Gasteiger partial charge in [0.05, 0.1) is 6.20 Å². The third kappa shape index (κ3) is 3.15. The van der Waals surface area contributed by atoms with Gasteiger partial charge in [0.1, 0.15) is 5.69 Å². The maximum atomic E-state index is 12.7. The first-order chi connectivity index (χ1) is 11.7. The Labute approximate surface area is 140 Å². The fourth-order valence-electron chi connectivity index (χ4n) is 2.58. The first kappa shape index (κ1) is 15.8. The summed E-state index contributed by atoms with van der Waals surface area (Å²) < 4.78 is 1.52. The van der Waals surface area contributed by atoms with E-state index >= 15 is 0 Å². The van der Waals surface area contributed by atoms with Crippen molar-refractivity contribution in [2.45, 2.75) is 19.8 Å². The van der Waals surface area contributed by atoms with Gasteiger partial charge in [0.15, 0.2) is 17.4 Å². The number of rotatable bonds is 6. The molecule has 0 N–H and O–H groups in total. The molecule has 0 spiro atoms. The van der Waals surface area contributed by atoms with E-state index in [2.05, 4.69) is 10.1 Å². The normalized spacial score (nSPS) is 10.5. The van der Waals surface area contributed by atoms with E-state index in [1.165, 1.54) is 4.68 Å². The standard InChI is InChI=1S/C19H17N3O2/c1-2-17(23)15-8-4-3-7-14(15)13-18(24)16-10-12-21-22(16)19-9-5-6-11-20-19/h3-12H,2,13H2,1H3. The molecule has 0 unspecified atom stereocenters. The van der Waals surface area contributed by atoms with Gasteiger partial charge in [0.2, 0.25) is 0 Å². The predicted octanol–water partition coefficient (Wildman–Crippen LogP) is 3.29. The summed E-state index contributed by atoms with van der Waals surface area (Å²) in [7, 11) is 0. The summed E-state index contributed by atoms with van der Waals surface area (Å²) in [6.07, 6.45) is 3.79. The Kier molecular flexibility index (Phi) is 4.61. The summed E-state index contributed by atoms with van der Waals surface area (Å²) in [5, 5.41) is 4.19. The summed E-state index contributed by atoms with van der Waals surface area (Å²) in [5.74, 6) is 0.523. The Hall–Kier alpha value is -3.08. The highest BCUT2D eigenvalue weighted by molar-refractivity contribution is 6.01. The number of nitrogens with zero attached hydrogens (tertiary/aromatic N) is 3. The van der Waals surface area contributed by atoms with E-state index in [9.17, 15) is 9.59 Å². The van der Waals surface area contributed by atoms with Crippen molar-refractivity contribution in [3.05, 3.63) is 77.7 Å². The quantitative estimate of drug-likeness (QED) is 0.654. The van der Waals surface area contributed by atoms with E-state index in [1.807, 2.05) is 31.2 Å². The second-order valence-corrected chi connectivity index (χ2v) is 5.35. The van der Waals surface area contributed by atoms with Crippen molar-refractivity contribution in [2.75, 3.05) is 0 Å². The fraction of sp³-hybridized carbons (Fsp3) is 0.158. The van der Waals surface area contributed by atoms with Crippen molar-refractivity contribution in [3.63, 3.8) is 0 Å². The van der Waals surface area contributed by atoms with Gasteiger partial charge < -0.3 is 0 Å². The molecule has 2 aromatic heterocycles. The molecule has 0 saturated heterocycles. The average Bonchev–Trinajstić information content (AvgIpc) is 3.12. The highest BCUT2D eigenvalue weighted by atomic mass is 16.1. The molecular formula is C19H17N3O2. The third-order valence-corrected chi connectivity index (χ3v) is 3.78. The minimum atomic E-state index is -0.102. The van der Waals surface area contributed by atoms with Crippen LogP contribution in [0.4, 0.5) is 0 Å². The number of ketones is 2. The van der Waals surface area contributed by atoms with Crippen LogP contribution in [0.15, 0.2) is 60.9 Å². The average molecular weight is 319 g/mol. The molecular weight excluding hydrogens is 302 g/mol. The maximum Gasteiger partial charge on any atom is 0.185 e. The van der Waals surface area contributed by atoms with E-state index in [-0.39, 0.29) is 18.0 Å². The largest absolute Gasteiger partial charge is 0.294 e. The molecule has 0 fully saturated rings. The van der Waals surface area contributed by atoms with Crippen molar-refractivity contribution < 1.29 is 9.59 Å². The van der Waals surface area contributed by atoms with Crippen LogP contribution in [0.25, 0.3) is 5.82 Å². The van der Waals surface area contributed by atoms with Crippen LogP contribution in [0.2, 0.25) is 0 Å². The highest BCUT2D eigenvalue weighted by Gasteiger charge is 2.17. The van der Waals surface area contributed by atoms with Crippen LogP contribution < -0.4 is 0 Å². The Balaban J connectivity index is 1.90. The minimum Gasteiger partial charge on any atom is -0.294 e. The number of carbonyl (C=O) groups excluding carboxylic acids is 2. The zero-order chi connectivity index (χ0) is 16.9. The second-order valence-electron chi connectivity index (χ2n) is 5.35. The summed E-state index contributed by atoms with van der Waals surface area (Å²) >= 11 is 0. The van der Waals surface area contributed by atoms with Crippen LogP contribution in [0.5, 0.6) is 0 Å². The molecule has 0 atom stereocenters. The zero-order valence-electron chi connectivity index (χ0n) is 13.3.